The molecule has 3 aliphatic rings. The first-order chi connectivity index (χ1) is 16.5. The Morgan fingerprint density at radius 3 is 2.12 bits per heavy atom. The van der Waals surface area contributed by atoms with Crippen molar-refractivity contribution in [2.75, 3.05) is 33.4 Å². The second kappa shape index (κ2) is 9.53. The van der Waals surface area contributed by atoms with E-state index in [0.29, 0.717) is 26.3 Å². The molecule has 0 aliphatic carbocycles. The van der Waals surface area contributed by atoms with E-state index in [1.807, 2.05) is 36.2 Å². The molecule has 3 fully saturated rings. The Kier molecular flexibility index (Phi) is 6.48. The van der Waals surface area contributed by atoms with Crippen LogP contribution in [0, 0.1) is 10.8 Å². The summed E-state index contributed by atoms with van der Waals surface area (Å²) in [6.45, 7) is 2.63. The van der Waals surface area contributed by atoms with E-state index in [0.717, 1.165) is 44.9 Å². The van der Waals surface area contributed by atoms with Gasteiger partial charge in [0.15, 0.2) is 0 Å². The molecule has 0 radical (unpaired) electrons. The van der Waals surface area contributed by atoms with Crippen LogP contribution < -0.4 is 0 Å². The Hall–Kier alpha value is -2.66. The number of carbonyl (C=O) groups excluding carboxylic acids is 2. The fourth-order valence-electron chi connectivity index (χ4n) is 6.42. The van der Waals surface area contributed by atoms with E-state index < -0.39 is 5.41 Å². The van der Waals surface area contributed by atoms with E-state index in [2.05, 4.69) is 41.3 Å². The first-order valence-electron chi connectivity index (χ1n) is 12.7. The third-order valence-corrected chi connectivity index (χ3v) is 8.56. The number of rotatable bonds is 5. The van der Waals surface area contributed by atoms with Crippen LogP contribution in [-0.2, 0) is 27.2 Å². The van der Waals surface area contributed by atoms with Gasteiger partial charge in [-0.3, -0.25) is 9.59 Å². The van der Waals surface area contributed by atoms with E-state index in [4.69, 9.17) is 4.74 Å². The molecule has 0 saturated carbocycles. The summed E-state index contributed by atoms with van der Waals surface area (Å²) in [5.41, 5.74) is 1.78. The predicted octanol–water partition coefficient (Wildman–Crippen LogP) is 4.11. The maximum Gasteiger partial charge on any atom is 0.229 e. The zero-order valence-corrected chi connectivity index (χ0v) is 20.2. The number of amides is 2. The number of nitrogens with zero attached hydrogens (tertiary/aromatic N) is 2. The van der Waals surface area contributed by atoms with Gasteiger partial charge in [-0.2, -0.15) is 0 Å². The van der Waals surface area contributed by atoms with Gasteiger partial charge in [-0.25, -0.2) is 0 Å². The van der Waals surface area contributed by atoms with E-state index in [1.165, 1.54) is 11.1 Å². The van der Waals surface area contributed by atoms with Crippen molar-refractivity contribution in [3.63, 3.8) is 0 Å². The Morgan fingerprint density at radius 2 is 1.50 bits per heavy atom. The van der Waals surface area contributed by atoms with E-state index >= 15 is 0 Å². The Balaban J connectivity index is 1.27. The molecule has 5 heteroatoms. The van der Waals surface area contributed by atoms with Crippen molar-refractivity contribution < 1.29 is 14.3 Å². The third-order valence-electron chi connectivity index (χ3n) is 8.56. The van der Waals surface area contributed by atoms with Crippen LogP contribution >= 0.6 is 0 Å². The van der Waals surface area contributed by atoms with Crippen molar-refractivity contribution >= 4 is 11.8 Å². The molecular weight excluding hydrogens is 424 g/mol. The minimum Gasteiger partial charge on any atom is -0.381 e. The van der Waals surface area contributed by atoms with E-state index in [-0.39, 0.29) is 23.3 Å². The lowest BCUT2D eigenvalue weighted by molar-refractivity contribution is -0.152. The largest absolute Gasteiger partial charge is 0.381 e. The summed E-state index contributed by atoms with van der Waals surface area (Å²) in [5, 5.41) is 0. The molecule has 0 bridgehead atoms. The van der Waals surface area contributed by atoms with Crippen LogP contribution in [0.25, 0.3) is 0 Å². The van der Waals surface area contributed by atoms with Gasteiger partial charge in [-0.15, -0.1) is 0 Å². The third kappa shape index (κ3) is 4.38. The summed E-state index contributed by atoms with van der Waals surface area (Å²) >= 11 is 0. The van der Waals surface area contributed by atoms with Gasteiger partial charge in [0.25, 0.3) is 0 Å². The molecular formula is C29H36N2O3. The van der Waals surface area contributed by atoms with Crippen LogP contribution in [0.1, 0.15) is 43.2 Å². The van der Waals surface area contributed by atoms with Crippen LogP contribution in [0.3, 0.4) is 0 Å². The highest BCUT2D eigenvalue weighted by Gasteiger charge is 2.53. The van der Waals surface area contributed by atoms with Gasteiger partial charge in [0.05, 0.1) is 10.8 Å². The molecule has 34 heavy (non-hydrogen) atoms. The lowest BCUT2D eigenvalue weighted by atomic mass is 9.72. The highest BCUT2D eigenvalue weighted by Crippen LogP contribution is 2.46. The molecule has 5 rings (SSSR count). The number of piperidine rings is 1. The highest BCUT2D eigenvalue weighted by molar-refractivity contribution is 5.87. The van der Waals surface area contributed by atoms with Crippen molar-refractivity contribution in [3.8, 4) is 0 Å². The lowest BCUT2D eigenvalue weighted by Gasteiger charge is -2.44. The molecule has 2 aromatic rings. The number of benzene rings is 2. The van der Waals surface area contributed by atoms with Gasteiger partial charge in [-0.05, 0) is 56.1 Å². The van der Waals surface area contributed by atoms with Crippen LogP contribution in [0.4, 0.5) is 0 Å². The molecule has 2 aromatic carbocycles. The number of likely N-dealkylation sites (tertiary alicyclic amines) is 2. The maximum absolute atomic E-state index is 13.9. The summed E-state index contributed by atoms with van der Waals surface area (Å²) in [6.07, 6.45) is 5.62. The maximum atomic E-state index is 13.9. The number of hydrogen-bond donors (Lipinski definition) is 0. The average molecular weight is 461 g/mol. The second-order valence-electron chi connectivity index (χ2n) is 10.6. The quantitative estimate of drug-likeness (QED) is 0.675. The number of ether oxygens (including phenoxy) is 1. The van der Waals surface area contributed by atoms with E-state index in [9.17, 15) is 9.59 Å². The Bertz CT molecular complexity index is 993. The average Bonchev–Trinajstić information content (AvgIpc) is 3.10. The standard InChI is InChI=1S/C29H36N2O3/c1-30-25(20-23-8-4-2-5-9-23)22-28(26(30)32)12-16-31(17-13-28)27(33)29(14-18-34-19-15-29)21-24-10-6-3-7-11-24/h2-11,25H,12-22H2,1H3. The summed E-state index contributed by atoms with van der Waals surface area (Å²) < 4.78 is 5.64. The van der Waals surface area contributed by atoms with Gasteiger partial charge in [0, 0.05) is 39.4 Å². The fraction of sp³-hybridized carbons (Fsp3) is 0.517. The molecule has 2 amide bonds. The first-order valence-corrected chi connectivity index (χ1v) is 12.7. The summed E-state index contributed by atoms with van der Waals surface area (Å²) in [4.78, 5) is 31.3. The minimum absolute atomic E-state index is 0.233. The van der Waals surface area contributed by atoms with Crippen LogP contribution in [0.5, 0.6) is 0 Å². The molecule has 3 aliphatic heterocycles. The van der Waals surface area contributed by atoms with Gasteiger partial charge >= 0.3 is 0 Å². The monoisotopic (exact) mass is 460 g/mol. The molecule has 0 aromatic heterocycles. The van der Waals surface area contributed by atoms with Crippen LogP contribution in [0.15, 0.2) is 60.7 Å². The van der Waals surface area contributed by atoms with Crippen molar-refractivity contribution in [2.45, 2.75) is 51.0 Å². The Morgan fingerprint density at radius 1 is 0.912 bits per heavy atom. The van der Waals surface area contributed by atoms with Crippen molar-refractivity contribution in [2.24, 2.45) is 10.8 Å². The lowest BCUT2D eigenvalue weighted by Crippen LogP contribution is -2.53. The molecule has 5 nitrogen and oxygen atoms in total. The molecule has 0 N–H and O–H groups in total. The fourth-order valence-corrected chi connectivity index (χ4v) is 6.42. The van der Waals surface area contributed by atoms with Gasteiger partial charge in [0.2, 0.25) is 11.8 Å². The summed E-state index contributed by atoms with van der Waals surface area (Å²) in [5.74, 6) is 0.528. The van der Waals surface area contributed by atoms with Crippen molar-refractivity contribution in [1.29, 1.82) is 0 Å². The summed E-state index contributed by atoms with van der Waals surface area (Å²) in [7, 11) is 1.96. The number of carbonyl (C=O) groups is 2. The normalized spacial score (nSPS) is 23.9. The number of likely N-dealkylation sites (N-methyl/N-ethyl adjacent to an activating group) is 1. The van der Waals surface area contributed by atoms with Gasteiger partial charge < -0.3 is 14.5 Å². The van der Waals surface area contributed by atoms with Gasteiger partial charge in [0.1, 0.15) is 0 Å². The SMILES string of the molecule is CN1C(=O)C2(CCN(C(=O)C3(Cc4ccccc4)CCOCC3)CC2)CC1Cc1ccccc1. The molecule has 1 spiro atoms. The first kappa shape index (κ1) is 23.1. The molecule has 180 valence electrons. The molecule has 1 unspecified atom stereocenters. The zero-order chi connectivity index (χ0) is 23.6. The Labute approximate surface area is 203 Å². The zero-order valence-electron chi connectivity index (χ0n) is 20.2. The van der Waals surface area contributed by atoms with Gasteiger partial charge in [-0.1, -0.05) is 60.7 Å². The topological polar surface area (TPSA) is 49.9 Å². The highest BCUT2D eigenvalue weighted by atomic mass is 16.5. The smallest absolute Gasteiger partial charge is 0.229 e. The van der Waals surface area contributed by atoms with E-state index in [1.54, 1.807) is 0 Å². The van der Waals surface area contributed by atoms with Crippen LogP contribution in [-0.4, -0.2) is 61.0 Å². The molecule has 3 heterocycles. The second-order valence-corrected chi connectivity index (χ2v) is 10.6. The molecule has 1 atom stereocenters. The van der Waals surface area contributed by atoms with Crippen LogP contribution in [0.2, 0.25) is 0 Å². The van der Waals surface area contributed by atoms with Crippen molar-refractivity contribution in [3.05, 3.63) is 71.8 Å². The predicted molar refractivity (Wildman–Crippen MR) is 132 cm³/mol. The molecule has 3 saturated heterocycles. The van der Waals surface area contributed by atoms with Crippen molar-refractivity contribution in [1.82, 2.24) is 9.80 Å². The minimum atomic E-state index is -0.392. The number of hydrogen-bond acceptors (Lipinski definition) is 3. The summed E-state index contributed by atoms with van der Waals surface area (Å²) in [6, 6.07) is 21.0.